The summed E-state index contributed by atoms with van der Waals surface area (Å²) in [5.74, 6) is 0.513. The normalized spacial score (nSPS) is 24.4. The van der Waals surface area contributed by atoms with E-state index in [-0.39, 0.29) is 6.10 Å². The molecule has 1 saturated carbocycles. The van der Waals surface area contributed by atoms with Crippen LogP contribution in [0.1, 0.15) is 71.1 Å². The van der Waals surface area contributed by atoms with Crippen LogP contribution in [0.4, 0.5) is 0 Å². The molecule has 0 bridgehead atoms. The number of rotatable bonds is 10. The fourth-order valence-electron chi connectivity index (χ4n) is 2.68. The van der Waals surface area contributed by atoms with E-state index >= 15 is 0 Å². The van der Waals surface area contributed by atoms with Crippen LogP contribution in [0.15, 0.2) is 0 Å². The van der Waals surface area contributed by atoms with Gasteiger partial charge in [-0.3, -0.25) is 0 Å². The Balaban J connectivity index is 1.78. The summed E-state index contributed by atoms with van der Waals surface area (Å²) < 4.78 is 5.64. The third kappa shape index (κ3) is 7.05. The van der Waals surface area contributed by atoms with Gasteiger partial charge in [-0.25, -0.2) is 0 Å². The Hall–Kier alpha value is -0.0800. The Kier molecular flexibility index (Phi) is 8.72. The lowest BCUT2D eigenvalue weighted by Crippen LogP contribution is -2.15. The summed E-state index contributed by atoms with van der Waals surface area (Å²) in [7, 11) is 0. The van der Waals surface area contributed by atoms with Crippen LogP contribution in [-0.2, 0) is 4.74 Å². The van der Waals surface area contributed by atoms with Gasteiger partial charge in [0.05, 0.1) is 6.10 Å². The molecule has 0 aromatic heterocycles. The van der Waals surface area contributed by atoms with Crippen LogP contribution >= 0.6 is 0 Å². The minimum Gasteiger partial charge on any atom is -0.393 e. The van der Waals surface area contributed by atoms with E-state index in [1.165, 1.54) is 51.4 Å². The van der Waals surface area contributed by atoms with Gasteiger partial charge in [-0.15, -0.1) is 0 Å². The molecule has 1 aliphatic carbocycles. The number of hydrogen-bond acceptors (Lipinski definition) is 2. The van der Waals surface area contributed by atoms with Crippen molar-refractivity contribution >= 4 is 0 Å². The molecular formula is C15H30O2. The molecular weight excluding hydrogens is 212 g/mol. The molecule has 0 aromatic carbocycles. The van der Waals surface area contributed by atoms with Crippen molar-refractivity contribution < 1.29 is 9.84 Å². The highest BCUT2D eigenvalue weighted by Crippen LogP contribution is 2.27. The Morgan fingerprint density at radius 1 is 1.00 bits per heavy atom. The van der Waals surface area contributed by atoms with Crippen LogP contribution in [0.2, 0.25) is 0 Å². The van der Waals surface area contributed by atoms with Crippen LogP contribution in [0.5, 0.6) is 0 Å². The number of ether oxygens (including phenoxy) is 1. The van der Waals surface area contributed by atoms with E-state index in [2.05, 4.69) is 6.92 Å². The summed E-state index contributed by atoms with van der Waals surface area (Å²) in [5, 5.41) is 9.66. The largest absolute Gasteiger partial charge is 0.393 e. The van der Waals surface area contributed by atoms with Crippen LogP contribution in [0.3, 0.4) is 0 Å². The van der Waals surface area contributed by atoms with Gasteiger partial charge >= 0.3 is 0 Å². The van der Waals surface area contributed by atoms with Crippen molar-refractivity contribution in [3.63, 3.8) is 0 Å². The minimum absolute atomic E-state index is 0.0485. The maximum Gasteiger partial charge on any atom is 0.0569 e. The average molecular weight is 242 g/mol. The van der Waals surface area contributed by atoms with E-state index in [0.717, 1.165) is 26.1 Å². The molecule has 0 spiro atoms. The summed E-state index contributed by atoms with van der Waals surface area (Å²) in [4.78, 5) is 0. The number of unbranched alkanes of at least 4 members (excludes halogenated alkanes) is 5. The van der Waals surface area contributed by atoms with Crippen molar-refractivity contribution in [2.24, 2.45) is 5.92 Å². The van der Waals surface area contributed by atoms with Crippen molar-refractivity contribution in [3.8, 4) is 0 Å². The molecule has 0 heterocycles. The van der Waals surface area contributed by atoms with Gasteiger partial charge in [-0.2, -0.15) is 0 Å². The summed E-state index contributed by atoms with van der Waals surface area (Å²) in [6.45, 7) is 4.01. The van der Waals surface area contributed by atoms with Crippen LogP contribution in [-0.4, -0.2) is 24.4 Å². The minimum atomic E-state index is -0.0485. The van der Waals surface area contributed by atoms with Crippen molar-refractivity contribution in [1.29, 1.82) is 0 Å². The highest BCUT2D eigenvalue weighted by molar-refractivity contribution is 4.76. The van der Waals surface area contributed by atoms with Gasteiger partial charge in [0.25, 0.3) is 0 Å². The molecule has 1 aliphatic rings. The third-order valence-corrected chi connectivity index (χ3v) is 3.89. The van der Waals surface area contributed by atoms with Gasteiger partial charge in [0.2, 0.25) is 0 Å². The number of hydrogen-bond donors (Lipinski definition) is 1. The van der Waals surface area contributed by atoms with Crippen molar-refractivity contribution in [1.82, 2.24) is 0 Å². The maximum absolute atomic E-state index is 9.66. The van der Waals surface area contributed by atoms with Crippen LogP contribution in [0.25, 0.3) is 0 Å². The maximum atomic E-state index is 9.66. The molecule has 1 fully saturated rings. The van der Waals surface area contributed by atoms with E-state index in [0.29, 0.717) is 5.92 Å². The third-order valence-electron chi connectivity index (χ3n) is 3.89. The molecule has 0 aromatic rings. The molecule has 2 unspecified atom stereocenters. The molecule has 0 aliphatic heterocycles. The summed E-state index contributed by atoms with van der Waals surface area (Å²) >= 11 is 0. The van der Waals surface area contributed by atoms with E-state index in [1.54, 1.807) is 0 Å². The van der Waals surface area contributed by atoms with Gasteiger partial charge in [0.15, 0.2) is 0 Å². The van der Waals surface area contributed by atoms with Crippen LogP contribution in [0, 0.1) is 5.92 Å². The second kappa shape index (κ2) is 9.90. The first-order valence-electron chi connectivity index (χ1n) is 7.60. The highest BCUT2D eigenvalue weighted by Gasteiger charge is 2.24. The fourth-order valence-corrected chi connectivity index (χ4v) is 2.68. The van der Waals surface area contributed by atoms with Crippen molar-refractivity contribution in [2.45, 2.75) is 77.2 Å². The molecule has 1 N–H and O–H groups in total. The smallest absolute Gasteiger partial charge is 0.0569 e. The zero-order valence-electron chi connectivity index (χ0n) is 11.5. The first kappa shape index (κ1) is 15.0. The molecule has 1 rings (SSSR count). The molecule has 2 atom stereocenters. The lowest BCUT2D eigenvalue weighted by Gasteiger charge is -2.13. The first-order chi connectivity index (χ1) is 8.34. The quantitative estimate of drug-likeness (QED) is 0.588. The van der Waals surface area contributed by atoms with E-state index in [4.69, 9.17) is 4.74 Å². The van der Waals surface area contributed by atoms with E-state index in [1.807, 2.05) is 0 Å². The van der Waals surface area contributed by atoms with Gasteiger partial charge in [0.1, 0.15) is 0 Å². The predicted molar refractivity (Wildman–Crippen MR) is 72.2 cm³/mol. The van der Waals surface area contributed by atoms with Crippen molar-refractivity contribution in [3.05, 3.63) is 0 Å². The monoisotopic (exact) mass is 242 g/mol. The van der Waals surface area contributed by atoms with Gasteiger partial charge in [0, 0.05) is 13.2 Å². The molecule has 102 valence electrons. The molecule has 17 heavy (non-hydrogen) atoms. The molecule has 0 saturated heterocycles. The first-order valence-corrected chi connectivity index (χ1v) is 7.60. The molecule has 2 heteroatoms. The van der Waals surface area contributed by atoms with E-state index < -0.39 is 0 Å². The van der Waals surface area contributed by atoms with Gasteiger partial charge < -0.3 is 9.84 Å². The van der Waals surface area contributed by atoms with Gasteiger partial charge in [-0.05, 0) is 31.6 Å². The second-order valence-electron chi connectivity index (χ2n) is 5.43. The second-order valence-corrected chi connectivity index (χ2v) is 5.43. The number of aliphatic hydroxyl groups excluding tert-OH is 1. The summed E-state index contributed by atoms with van der Waals surface area (Å²) in [5.41, 5.74) is 0. The topological polar surface area (TPSA) is 29.5 Å². The standard InChI is InChI=1S/C15H30O2/c1-2-3-4-5-6-7-12-17-13-11-14-9-8-10-15(14)16/h14-16H,2-13H2,1H3. The van der Waals surface area contributed by atoms with E-state index in [9.17, 15) is 5.11 Å². The Bertz CT molecular complexity index is 170. The molecule has 0 radical (unpaired) electrons. The molecule has 0 amide bonds. The van der Waals surface area contributed by atoms with Gasteiger partial charge in [-0.1, -0.05) is 45.4 Å². The number of aliphatic hydroxyl groups is 1. The lowest BCUT2D eigenvalue weighted by atomic mass is 10.0. The fraction of sp³-hybridized carbons (Fsp3) is 1.00. The zero-order chi connectivity index (χ0) is 12.3. The van der Waals surface area contributed by atoms with Crippen molar-refractivity contribution in [2.75, 3.05) is 13.2 Å². The Morgan fingerprint density at radius 3 is 2.47 bits per heavy atom. The Labute approximate surface area is 107 Å². The highest BCUT2D eigenvalue weighted by atomic mass is 16.5. The molecule has 2 nitrogen and oxygen atoms in total. The summed E-state index contributed by atoms with van der Waals surface area (Å²) in [6, 6.07) is 0. The summed E-state index contributed by atoms with van der Waals surface area (Å²) in [6.07, 6.45) is 12.4. The SMILES string of the molecule is CCCCCCCCOCCC1CCCC1O. The average Bonchev–Trinajstić information content (AvgIpc) is 2.73. The Morgan fingerprint density at radius 2 is 1.76 bits per heavy atom. The van der Waals surface area contributed by atoms with Crippen LogP contribution < -0.4 is 0 Å². The lowest BCUT2D eigenvalue weighted by molar-refractivity contribution is 0.0795. The predicted octanol–water partition coefficient (Wildman–Crippen LogP) is 3.91. The zero-order valence-corrected chi connectivity index (χ0v) is 11.5.